The molecule has 2 aromatic rings. The highest BCUT2D eigenvalue weighted by Crippen LogP contribution is 2.22. The zero-order valence-corrected chi connectivity index (χ0v) is 17.3. The summed E-state index contributed by atoms with van der Waals surface area (Å²) in [4.78, 5) is 14.8. The minimum Gasteiger partial charge on any atom is -0.479 e. The predicted octanol–water partition coefficient (Wildman–Crippen LogP) is 2.77. The van der Waals surface area contributed by atoms with Gasteiger partial charge in [-0.25, -0.2) is 4.79 Å². The first kappa shape index (κ1) is 21.6. The molecule has 0 saturated carbocycles. The number of hydrogen-bond acceptors (Lipinski definition) is 5. The van der Waals surface area contributed by atoms with Crippen LogP contribution in [0.25, 0.3) is 0 Å². The van der Waals surface area contributed by atoms with E-state index in [1.54, 1.807) is 6.07 Å². The maximum absolute atomic E-state index is 12.4. The number of ether oxygens (including phenoxy) is 2. The van der Waals surface area contributed by atoms with E-state index in [0.717, 1.165) is 18.7 Å². The van der Waals surface area contributed by atoms with Gasteiger partial charge in [-0.15, -0.1) is 0 Å². The maximum atomic E-state index is 12.4. The second kappa shape index (κ2) is 11.2. The third-order valence-corrected chi connectivity index (χ3v) is 5.02. The van der Waals surface area contributed by atoms with Crippen LogP contribution >= 0.6 is 0 Å². The van der Waals surface area contributed by atoms with Gasteiger partial charge in [0.15, 0.2) is 6.61 Å². The monoisotopic (exact) mass is 408 g/mol. The average Bonchev–Trinajstić information content (AvgIpc) is 2.77. The van der Waals surface area contributed by atoms with E-state index in [1.165, 1.54) is 11.1 Å². The van der Waals surface area contributed by atoms with Crippen LogP contribution in [0.15, 0.2) is 48.5 Å². The number of aryl methyl sites for hydroxylation is 1. The highest BCUT2D eigenvalue weighted by atomic mass is 16.5. The lowest BCUT2D eigenvalue weighted by molar-refractivity contribution is 0.0167. The molecule has 2 N–H and O–H groups in total. The van der Waals surface area contributed by atoms with Crippen molar-refractivity contribution in [3.63, 3.8) is 0 Å². The average molecular weight is 409 g/mol. The Hall–Kier alpha value is -3.08. The number of hydrogen-bond donors (Lipinski definition) is 2. The molecule has 1 aliphatic heterocycles. The molecule has 0 radical (unpaired) electrons. The van der Waals surface area contributed by atoms with Crippen molar-refractivity contribution in [3.05, 3.63) is 65.2 Å². The van der Waals surface area contributed by atoms with Crippen LogP contribution in [-0.4, -0.2) is 50.4 Å². The first-order valence-electron chi connectivity index (χ1n) is 10.1. The summed E-state index contributed by atoms with van der Waals surface area (Å²) in [6.07, 6.45) is 0. The Bertz CT molecular complexity index is 875. The van der Waals surface area contributed by atoms with Gasteiger partial charge >= 0.3 is 6.03 Å². The molecule has 7 heteroatoms. The van der Waals surface area contributed by atoms with Gasteiger partial charge in [-0.2, -0.15) is 5.26 Å². The second-order valence-corrected chi connectivity index (χ2v) is 7.24. The van der Waals surface area contributed by atoms with Crippen LogP contribution in [0.5, 0.6) is 5.75 Å². The maximum Gasteiger partial charge on any atom is 0.315 e. The SMILES string of the molecule is Cc1cccc(C(CNC(=O)NCc2cccc(OCC#N)c2)N2CCOCC2)c1. The molecular formula is C23H28N4O3. The summed E-state index contributed by atoms with van der Waals surface area (Å²) in [6.45, 7) is 6.07. The molecule has 0 bridgehead atoms. The zero-order chi connectivity index (χ0) is 21.2. The first-order chi connectivity index (χ1) is 14.7. The van der Waals surface area contributed by atoms with Crippen molar-refractivity contribution in [3.8, 4) is 11.8 Å². The predicted molar refractivity (Wildman–Crippen MR) is 114 cm³/mol. The second-order valence-electron chi connectivity index (χ2n) is 7.24. The molecule has 2 aromatic carbocycles. The Morgan fingerprint density at radius 1 is 1.20 bits per heavy atom. The van der Waals surface area contributed by atoms with Crippen LogP contribution in [-0.2, 0) is 11.3 Å². The smallest absolute Gasteiger partial charge is 0.315 e. The Balaban J connectivity index is 1.56. The van der Waals surface area contributed by atoms with E-state index in [-0.39, 0.29) is 18.7 Å². The molecule has 2 amide bonds. The van der Waals surface area contributed by atoms with E-state index >= 15 is 0 Å². The van der Waals surface area contributed by atoms with E-state index < -0.39 is 0 Å². The van der Waals surface area contributed by atoms with Crippen LogP contribution in [0.1, 0.15) is 22.7 Å². The van der Waals surface area contributed by atoms with Crippen LogP contribution in [0.4, 0.5) is 4.79 Å². The van der Waals surface area contributed by atoms with E-state index in [4.69, 9.17) is 14.7 Å². The van der Waals surface area contributed by atoms with Gasteiger partial charge in [0.25, 0.3) is 0 Å². The lowest BCUT2D eigenvalue weighted by atomic mass is 10.0. The lowest BCUT2D eigenvalue weighted by Crippen LogP contribution is -2.45. The van der Waals surface area contributed by atoms with E-state index in [1.807, 2.05) is 24.3 Å². The molecule has 0 spiro atoms. The molecule has 1 unspecified atom stereocenters. The van der Waals surface area contributed by atoms with Gasteiger partial charge in [0.05, 0.1) is 19.3 Å². The Kier molecular flexibility index (Phi) is 8.07. The topological polar surface area (TPSA) is 86.6 Å². The molecule has 3 rings (SSSR count). The Labute approximate surface area is 177 Å². The number of nitrogens with zero attached hydrogens (tertiary/aromatic N) is 2. The zero-order valence-electron chi connectivity index (χ0n) is 17.3. The molecule has 0 aromatic heterocycles. The van der Waals surface area contributed by atoms with Gasteiger partial charge in [0.2, 0.25) is 0 Å². The first-order valence-corrected chi connectivity index (χ1v) is 10.1. The number of nitriles is 1. The summed E-state index contributed by atoms with van der Waals surface area (Å²) in [5, 5.41) is 14.5. The fourth-order valence-electron chi connectivity index (χ4n) is 3.52. The lowest BCUT2D eigenvalue weighted by Gasteiger charge is -2.35. The van der Waals surface area contributed by atoms with Crippen molar-refractivity contribution in [2.24, 2.45) is 0 Å². The minimum absolute atomic E-state index is 0.000737. The fourth-order valence-corrected chi connectivity index (χ4v) is 3.52. The molecular weight excluding hydrogens is 380 g/mol. The van der Waals surface area contributed by atoms with Crippen molar-refractivity contribution >= 4 is 6.03 Å². The number of nitrogens with one attached hydrogen (secondary N) is 2. The summed E-state index contributed by atoms with van der Waals surface area (Å²) < 4.78 is 10.8. The number of rotatable bonds is 8. The molecule has 7 nitrogen and oxygen atoms in total. The summed E-state index contributed by atoms with van der Waals surface area (Å²) in [6, 6.07) is 17.6. The van der Waals surface area contributed by atoms with Gasteiger partial charge in [-0.3, -0.25) is 4.90 Å². The van der Waals surface area contributed by atoms with Gasteiger partial charge < -0.3 is 20.1 Å². The van der Waals surface area contributed by atoms with Crippen molar-refractivity contribution in [2.75, 3.05) is 39.5 Å². The van der Waals surface area contributed by atoms with Crippen LogP contribution < -0.4 is 15.4 Å². The minimum atomic E-state index is -0.218. The Morgan fingerprint density at radius 2 is 2.00 bits per heavy atom. The van der Waals surface area contributed by atoms with E-state index in [2.05, 4.69) is 46.7 Å². The quantitative estimate of drug-likeness (QED) is 0.701. The fraction of sp³-hybridized carbons (Fsp3) is 0.391. The van der Waals surface area contributed by atoms with Gasteiger partial charge in [-0.1, -0.05) is 42.0 Å². The van der Waals surface area contributed by atoms with Crippen LogP contribution in [0.3, 0.4) is 0 Å². The summed E-state index contributed by atoms with van der Waals surface area (Å²) in [5.41, 5.74) is 3.30. The normalized spacial score (nSPS) is 15.1. The van der Waals surface area contributed by atoms with Gasteiger partial charge in [0, 0.05) is 26.2 Å². The van der Waals surface area contributed by atoms with Crippen molar-refractivity contribution in [1.82, 2.24) is 15.5 Å². The molecule has 1 aliphatic rings. The number of carbonyl (C=O) groups is 1. The standard InChI is InChI=1S/C23H28N4O3/c1-18-4-2-6-20(14-18)22(27-9-12-29-13-10-27)17-26-23(28)25-16-19-5-3-7-21(15-19)30-11-8-24/h2-7,14-15,22H,9-13,16-17H2,1H3,(H2,25,26,28). The Morgan fingerprint density at radius 3 is 2.77 bits per heavy atom. The number of carbonyl (C=O) groups excluding carboxylic acids is 1. The molecule has 1 heterocycles. The summed E-state index contributed by atoms with van der Waals surface area (Å²) in [7, 11) is 0. The van der Waals surface area contributed by atoms with Gasteiger partial charge in [-0.05, 0) is 30.2 Å². The van der Waals surface area contributed by atoms with Crippen LogP contribution in [0.2, 0.25) is 0 Å². The summed E-state index contributed by atoms with van der Waals surface area (Å²) in [5.74, 6) is 0.614. The van der Waals surface area contributed by atoms with Gasteiger partial charge in [0.1, 0.15) is 11.8 Å². The largest absolute Gasteiger partial charge is 0.479 e. The molecule has 1 fully saturated rings. The molecule has 158 valence electrons. The summed E-state index contributed by atoms with van der Waals surface area (Å²) >= 11 is 0. The third-order valence-electron chi connectivity index (χ3n) is 5.02. The number of morpholine rings is 1. The molecule has 1 saturated heterocycles. The van der Waals surface area contributed by atoms with E-state index in [9.17, 15) is 4.79 Å². The molecule has 1 atom stereocenters. The van der Waals surface area contributed by atoms with Crippen LogP contribution in [0, 0.1) is 18.3 Å². The number of amides is 2. The van der Waals surface area contributed by atoms with Crippen molar-refractivity contribution in [2.45, 2.75) is 19.5 Å². The number of benzene rings is 2. The van der Waals surface area contributed by atoms with E-state index in [0.29, 0.717) is 32.1 Å². The van der Waals surface area contributed by atoms with Crippen molar-refractivity contribution in [1.29, 1.82) is 5.26 Å². The van der Waals surface area contributed by atoms with Crippen molar-refractivity contribution < 1.29 is 14.3 Å². The number of urea groups is 1. The highest BCUT2D eigenvalue weighted by molar-refractivity contribution is 5.73. The highest BCUT2D eigenvalue weighted by Gasteiger charge is 2.23. The third kappa shape index (κ3) is 6.48. The molecule has 0 aliphatic carbocycles. The molecule has 30 heavy (non-hydrogen) atoms.